The third kappa shape index (κ3) is 3.84. The first kappa shape index (κ1) is 18.1. The molecule has 0 radical (unpaired) electrons. The predicted octanol–water partition coefficient (Wildman–Crippen LogP) is 7.75. The van der Waals surface area contributed by atoms with Crippen LogP contribution in [0.25, 0.3) is 11.1 Å². The van der Waals surface area contributed by atoms with Crippen LogP contribution in [0, 0.1) is 20.8 Å². The summed E-state index contributed by atoms with van der Waals surface area (Å²) in [5.41, 5.74) is 9.80. The normalized spacial score (nSPS) is 10.7. The molecule has 1 heteroatoms. The second kappa shape index (κ2) is 7.74. The second-order valence-corrected chi connectivity index (χ2v) is 7.43. The largest absolute Gasteiger partial charge is 0.310 e. The Hall–Kier alpha value is -3.32. The van der Waals surface area contributed by atoms with E-state index in [0.717, 1.165) is 5.69 Å². The molecule has 0 fully saturated rings. The minimum atomic E-state index is 1.16. The van der Waals surface area contributed by atoms with E-state index in [1.165, 1.54) is 39.2 Å². The summed E-state index contributed by atoms with van der Waals surface area (Å²) >= 11 is 0. The van der Waals surface area contributed by atoms with Gasteiger partial charge in [-0.3, -0.25) is 0 Å². The number of anilines is 3. The van der Waals surface area contributed by atoms with Gasteiger partial charge in [0.1, 0.15) is 0 Å². The van der Waals surface area contributed by atoms with Crippen molar-refractivity contribution in [2.45, 2.75) is 20.8 Å². The first-order valence-corrected chi connectivity index (χ1v) is 9.71. The van der Waals surface area contributed by atoms with Crippen LogP contribution in [-0.4, -0.2) is 0 Å². The van der Waals surface area contributed by atoms with E-state index < -0.39 is 0 Å². The Bertz CT molecular complexity index is 1060. The van der Waals surface area contributed by atoms with Crippen LogP contribution in [0.2, 0.25) is 0 Å². The zero-order chi connectivity index (χ0) is 19.5. The lowest BCUT2D eigenvalue weighted by Crippen LogP contribution is -2.10. The van der Waals surface area contributed by atoms with Crippen molar-refractivity contribution in [1.82, 2.24) is 0 Å². The summed E-state index contributed by atoms with van der Waals surface area (Å²) in [4.78, 5) is 2.34. The van der Waals surface area contributed by atoms with Crippen molar-refractivity contribution in [1.29, 1.82) is 0 Å². The van der Waals surface area contributed by atoms with Crippen LogP contribution < -0.4 is 4.90 Å². The number of hydrogen-bond acceptors (Lipinski definition) is 1. The molecule has 0 aromatic heterocycles. The minimum Gasteiger partial charge on any atom is -0.310 e. The maximum Gasteiger partial charge on any atom is 0.0466 e. The molecule has 0 aliphatic heterocycles. The fourth-order valence-corrected chi connectivity index (χ4v) is 3.73. The minimum absolute atomic E-state index is 1.16. The molecule has 0 atom stereocenters. The van der Waals surface area contributed by atoms with Crippen LogP contribution in [0.4, 0.5) is 17.1 Å². The summed E-state index contributed by atoms with van der Waals surface area (Å²) < 4.78 is 0. The third-order valence-corrected chi connectivity index (χ3v) is 4.96. The molecule has 138 valence electrons. The molecule has 0 amide bonds. The van der Waals surface area contributed by atoms with Gasteiger partial charge in [0, 0.05) is 17.1 Å². The molecule has 0 saturated carbocycles. The average Bonchev–Trinajstić information content (AvgIpc) is 2.69. The first-order valence-electron chi connectivity index (χ1n) is 9.71. The predicted molar refractivity (Wildman–Crippen MR) is 121 cm³/mol. The molecule has 0 spiro atoms. The molecule has 4 rings (SSSR count). The standard InChI is InChI=1S/C27H25N/c1-20-8-7-11-26(17-20)28(27-18-21(2)16-22(3)19-27)25-14-12-24(13-15-25)23-9-5-4-6-10-23/h4-19H,1-3H3. The van der Waals surface area contributed by atoms with Gasteiger partial charge in [0.15, 0.2) is 0 Å². The molecular weight excluding hydrogens is 338 g/mol. The smallest absolute Gasteiger partial charge is 0.0466 e. The molecule has 0 bridgehead atoms. The number of rotatable bonds is 4. The average molecular weight is 364 g/mol. The fourth-order valence-electron chi connectivity index (χ4n) is 3.73. The summed E-state index contributed by atoms with van der Waals surface area (Å²) in [5, 5.41) is 0. The van der Waals surface area contributed by atoms with Crippen LogP contribution in [0.1, 0.15) is 16.7 Å². The van der Waals surface area contributed by atoms with Gasteiger partial charge in [0.05, 0.1) is 0 Å². The Labute approximate surface area is 167 Å². The Morgan fingerprint density at radius 1 is 0.429 bits per heavy atom. The van der Waals surface area contributed by atoms with Gasteiger partial charge in [-0.05, 0) is 85.0 Å². The highest BCUT2D eigenvalue weighted by atomic mass is 15.1. The number of nitrogens with zero attached hydrogens (tertiary/aromatic N) is 1. The third-order valence-electron chi connectivity index (χ3n) is 4.96. The molecule has 4 aromatic rings. The molecular formula is C27H25N. The van der Waals surface area contributed by atoms with Crippen LogP contribution in [0.15, 0.2) is 97.1 Å². The summed E-state index contributed by atoms with van der Waals surface area (Å²) in [6.45, 7) is 6.45. The van der Waals surface area contributed by atoms with E-state index >= 15 is 0 Å². The van der Waals surface area contributed by atoms with E-state index in [-0.39, 0.29) is 0 Å². The Morgan fingerprint density at radius 2 is 1.04 bits per heavy atom. The van der Waals surface area contributed by atoms with E-state index in [2.05, 4.69) is 123 Å². The van der Waals surface area contributed by atoms with Gasteiger partial charge >= 0.3 is 0 Å². The van der Waals surface area contributed by atoms with E-state index in [9.17, 15) is 0 Å². The van der Waals surface area contributed by atoms with Crippen molar-refractivity contribution in [3.8, 4) is 11.1 Å². The highest BCUT2D eigenvalue weighted by Gasteiger charge is 2.13. The van der Waals surface area contributed by atoms with Crippen LogP contribution in [0.3, 0.4) is 0 Å². The Morgan fingerprint density at radius 3 is 1.68 bits per heavy atom. The van der Waals surface area contributed by atoms with E-state index in [4.69, 9.17) is 0 Å². The molecule has 0 aliphatic carbocycles. The van der Waals surface area contributed by atoms with Gasteiger partial charge in [0.25, 0.3) is 0 Å². The zero-order valence-corrected chi connectivity index (χ0v) is 16.7. The van der Waals surface area contributed by atoms with Crippen molar-refractivity contribution in [2.24, 2.45) is 0 Å². The molecule has 0 saturated heterocycles. The summed E-state index contributed by atoms with van der Waals surface area (Å²) in [6.07, 6.45) is 0. The van der Waals surface area contributed by atoms with Gasteiger partial charge < -0.3 is 4.90 Å². The fraction of sp³-hybridized carbons (Fsp3) is 0.111. The summed E-state index contributed by atoms with van der Waals surface area (Å²) in [5.74, 6) is 0. The van der Waals surface area contributed by atoms with Crippen LogP contribution in [0.5, 0.6) is 0 Å². The summed E-state index contributed by atoms with van der Waals surface area (Å²) in [7, 11) is 0. The van der Waals surface area contributed by atoms with E-state index in [1.54, 1.807) is 0 Å². The van der Waals surface area contributed by atoms with E-state index in [1.807, 2.05) is 0 Å². The Balaban J connectivity index is 1.81. The quantitative estimate of drug-likeness (QED) is 0.358. The topological polar surface area (TPSA) is 3.24 Å². The van der Waals surface area contributed by atoms with Crippen molar-refractivity contribution in [3.63, 3.8) is 0 Å². The molecule has 0 N–H and O–H groups in total. The van der Waals surface area contributed by atoms with Gasteiger partial charge in [-0.25, -0.2) is 0 Å². The van der Waals surface area contributed by atoms with Crippen molar-refractivity contribution in [2.75, 3.05) is 4.90 Å². The lowest BCUT2D eigenvalue weighted by atomic mass is 10.0. The maximum atomic E-state index is 2.34. The van der Waals surface area contributed by atoms with E-state index in [0.29, 0.717) is 0 Å². The molecule has 28 heavy (non-hydrogen) atoms. The monoisotopic (exact) mass is 363 g/mol. The zero-order valence-electron chi connectivity index (χ0n) is 16.7. The van der Waals surface area contributed by atoms with Gasteiger partial charge in [-0.1, -0.05) is 60.7 Å². The highest BCUT2D eigenvalue weighted by Crippen LogP contribution is 2.36. The molecule has 0 aliphatic rings. The first-order chi connectivity index (χ1) is 13.6. The lowest BCUT2D eigenvalue weighted by Gasteiger charge is -2.26. The number of benzene rings is 4. The van der Waals surface area contributed by atoms with Crippen molar-refractivity contribution in [3.05, 3.63) is 114 Å². The van der Waals surface area contributed by atoms with Crippen LogP contribution in [-0.2, 0) is 0 Å². The van der Waals surface area contributed by atoms with Gasteiger partial charge in [-0.15, -0.1) is 0 Å². The molecule has 0 unspecified atom stereocenters. The van der Waals surface area contributed by atoms with Crippen molar-refractivity contribution < 1.29 is 0 Å². The van der Waals surface area contributed by atoms with Crippen molar-refractivity contribution >= 4 is 17.1 Å². The van der Waals surface area contributed by atoms with Gasteiger partial charge in [0.2, 0.25) is 0 Å². The maximum absolute atomic E-state index is 2.34. The second-order valence-electron chi connectivity index (χ2n) is 7.43. The summed E-state index contributed by atoms with van der Waals surface area (Å²) in [6, 6.07) is 34.7. The SMILES string of the molecule is Cc1cccc(N(c2ccc(-c3ccccc3)cc2)c2cc(C)cc(C)c2)c1. The van der Waals surface area contributed by atoms with Gasteiger partial charge in [-0.2, -0.15) is 0 Å². The number of hydrogen-bond donors (Lipinski definition) is 0. The highest BCUT2D eigenvalue weighted by molar-refractivity contribution is 5.79. The lowest BCUT2D eigenvalue weighted by molar-refractivity contribution is 1.25. The molecule has 0 heterocycles. The molecule has 4 aromatic carbocycles. The van der Waals surface area contributed by atoms with Crippen LogP contribution >= 0.6 is 0 Å². The number of aryl methyl sites for hydroxylation is 3. The molecule has 1 nitrogen and oxygen atoms in total. The Kier molecular flexibility index (Phi) is 4.99.